The summed E-state index contributed by atoms with van der Waals surface area (Å²) >= 11 is 0. The van der Waals surface area contributed by atoms with Gasteiger partial charge in [0.15, 0.2) is 0 Å². The van der Waals surface area contributed by atoms with E-state index in [9.17, 15) is 5.11 Å². The van der Waals surface area contributed by atoms with E-state index >= 15 is 0 Å². The van der Waals surface area contributed by atoms with Gasteiger partial charge in [-0.05, 0) is 49.9 Å². The van der Waals surface area contributed by atoms with Crippen molar-refractivity contribution in [2.75, 3.05) is 16.8 Å². The van der Waals surface area contributed by atoms with E-state index in [1.165, 1.54) is 11.1 Å². The van der Waals surface area contributed by atoms with Gasteiger partial charge in [-0.2, -0.15) is 4.98 Å². The van der Waals surface area contributed by atoms with E-state index in [0.29, 0.717) is 12.0 Å². The molecule has 0 unspecified atom stereocenters. The van der Waals surface area contributed by atoms with Crippen molar-refractivity contribution in [3.05, 3.63) is 47.2 Å². The number of aromatic nitrogens is 2. The predicted molar refractivity (Wildman–Crippen MR) is 92.6 cm³/mol. The molecule has 3 rings (SSSR count). The first-order valence-corrected chi connectivity index (χ1v) is 8.17. The Labute approximate surface area is 137 Å². The van der Waals surface area contributed by atoms with Crippen LogP contribution in [0.25, 0.3) is 0 Å². The van der Waals surface area contributed by atoms with Crippen molar-refractivity contribution < 1.29 is 5.11 Å². The minimum absolute atomic E-state index is 0.311. The summed E-state index contributed by atoms with van der Waals surface area (Å²) in [5, 5.41) is 13.0. The highest BCUT2D eigenvalue weighted by Gasteiger charge is 2.19. The van der Waals surface area contributed by atoms with E-state index in [1.54, 1.807) is 13.1 Å². The zero-order chi connectivity index (χ0) is 16.4. The highest BCUT2D eigenvalue weighted by atomic mass is 16.3. The molecule has 1 aromatic heterocycles. The van der Waals surface area contributed by atoms with Crippen molar-refractivity contribution in [3.8, 4) is 0 Å². The number of hydrogen-bond acceptors (Lipinski definition) is 5. The maximum Gasteiger partial charge on any atom is 0.224 e. The molecule has 5 nitrogen and oxygen atoms in total. The van der Waals surface area contributed by atoms with Gasteiger partial charge in [-0.3, -0.25) is 0 Å². The largest absolute Gasteiger partial charge is 0.389 e. The van der Waals surface area contributed by atoms with Gasteiger partial charge in [0.25, 0.3) is 0 Å². The van der Waals surface area contributed by atoms with Crippen LogP contribution in [-0.4, -0.2) is 27.7 Å². The van der Waals surface area contributed by atoms with Crippen LogP contribution in [0.15, 0.2) is 30.5 Å². The molecule has 23 heavy (non-hydrogen) atoms. The van der Waals surface area contributed by atoms with Crippen molar-refractivity contribution in [2.24, 2.45) is 0 Å². The lowest BCUT2D eigenvalue weighted by Gasteiger charge is -2.30. The quantitative estimate of drug-likeness (QED) is 0.909. The second-order valence-corrected chi connectivity index (χ2v) is 6.41. The predicted octanol–water partition coefficient (Wildman–Crippen LogP) is 2.91. The second-order valence-electron chi connectivity index (χ2n) is 6.41. The lowest BCUT2D eigenvalue weighted by atomic mass is 9.96. The standard InChI is InChI=1S/C18H24N4O/c1-12(2)20-18-19-8-6-17(21-18)22-9-7-15-10-14(13(3)23)4-5-16(15)11-22/h4-6,8,10,12-13,23H,7,9,11H2,1-3H3,(H,19,20,21)/t13-/m0/s1. The van der Waals surface area contributed by atoms with Crippen molar-refractivity contribution in [1.82, 2.24) is 9.97 Å². The highest BCUT2D eigenvalue weighted by molar-refractivity contribution is 5.47. The zero-order valence-electron chi connectivity index (χ0n) is 14.0. The van der Waals surface area contributed by atoms with Gasteiger partial charge in [0, 0.05) is 25.3 Å². The first-order valence-electron chi connectivity index (χ1n) is 8.17. The molecule has 0 spiro atoms. The van der Waals surface area contributed by atoms with Gasteiger partial charge in [0.1, 0.15) is 5.82 Å². The summed E-state index contributed by atoms with van der Waals surface area (Å²) in [6, 6.07) is 8.53. The molecule has 2 N–H and O–H groups in total. The number of aliphatic hydroxyl groups is 1. The molecule has 0 radical (unpaired) electrons. The van der Waals surface area contributed by atoms with Crippen LogP contribution in [0.1, 0.15) is 43.6 Å². The number of anilines is 2. The van der Waals surface area contributed by atoms with Crippen LogP contribution in [0, 0.1) is 0 Å². The van der Waals surface area contributed by atoms with Gasteiger partial charge in [0.05, 0.1) is 6.10 Å². The van der Waals surface area contributed by atoms with Crippen molar-refractivity contribution >= 4 is 11.8 Å². The summed E-state index contributed by atoms with van der Waals surface area (Å²) in [7, 11) is 0. The Morgan fingerprint density at radius 3 is 2.74 bits per heavy atom. The van der Waals surface area contributed by atoms with Crippen LogP contribution in [0.5, 0.6) is 0 Å². The minimum atomic E-state index is -0.412. The van der Waals surface area contributed by atoms with Crippen molar-refractivity contribution in [2.45, 2.75) is 45.9 Å². The van der Waals surface area contributed by atoms with Crippen molar-refractivity contribution in [3.63, 3.8) is 0 Å². The fraction of sp³-hybridized carbons (Fsp3) is 0.444. The van der Waals surface area contributed by atoms with Gasteiger partial charge in [-0.1, -0.05) is 18.2 Å². The van der Waals surface area contributed by atoms with Crippen LogP contribution in [0.4, 0.5) is 11.8 Å². The maximum absolute atomic E-state index is 9.72. The summed E-state index contributed by atoms with van der Waals surface area (Å²) in [6.07, 6.45) is 2.36. The van der Waals surface area contributed by atoms with E-state index in [-0.39, 0.29) is 0 Å². The molecule has 0 fully saturated rings. The topological polar surface area (TPSA) is 61.3 Å². The summed E-state index contributed by atoms with van der Waals surface area (Å²) in [5.74, 6) is 1.63. The Kier molecular flexibility index (Phi) is 4.48. The molecule has 1 aliphatic rings. The van der Waals surface area contributed by atoms with Crippen LogP contribution in [0.2, 0.25) is 0 Å². The Bertz CT molecular complexity index is 684. The van der Waals surface area contributed by atoms with E-state index in [2.05, 4.69) is 46.2 Å². The van der Waals surface area contributed by atoms with Gasteiger partial charge < -0.3 is 15.3 Å². The van der Waals surface area contributed by atoms with Crippen molar-refractivity contribution in [1.29, 1.82) is 0 Å². The lowest BCUT2D eigenvalue weighted by molar-refractivity contribution is 0.199. The van der Waals surface area contributed by atoms with Crippen LogP contribution in [-0.2, 0) is 13.0 Å². The summed E-state index contributed by atoms with van der Waals surface area (Å²) in [4.78, 5) is 11.2. The fourth-order valence-electron chi connectivity index (χ4n) is 2.88. The number of hydrogen-bond donors (Lipinski definition) is 2. The van der Waals surface area contributed by atoms with Gasteiger partial charge in [0.2, 0.25) is 5.95 Å². The molecule has 1 atom stereocenters. The smallest absolute Gasteiger partial charge is 0.224 e. The Hall–Kier alpha value is -2.14. The van der Waals surface area contributed by atoms with Gasteiger partial charge in [-0.15, -0.1) is 0 Å². The molecule has 1 aliphatic heterocycles. The van der Waals surface area contributed by atoms with Crippen LogP contribution < -0.4 is 10.2 Å². The molecule has 0 bridgehead atoms. The second kappa shape index (κ2) is 6.54. The SMILES string of the molecule is CC(C)Nc1nccc(N2CCc3cc([C@H](C)O)ccc3C2)n1. The number of nitrogens with one attached hydrogen (secondary N) is 1. The van der Waals surface area contributed by atoms with Crippen LogP contribution in [0.3, 0.4) is 0 Å². The molecule has 0 saturated heterocycles. The Morgan fingerprint density at radius 2 is 2.00 bits per heavy atom. The van der Waals surface area contributed by atoms with E-state index < -0.39 is 6.10 Å². The average molecular weight is 312 g/mol. The molecule has 1 aromatic carbocycles. The average Bonchev–Trinajstić information content (AvgIpc) is 2.53. The summed E-state index contributed by atoms with van der Waals surface area (Å²) < 4.78 is 0. The molecule has 2 heterocycles. The maximum atomic E-state index is 9.72. The number of fused-ring (bicyclic) bond motifs is 1. The highest BCUT2D eigenvalue weighted by Crippen LogP contribution is 2.26. The number of rotatable bonds is 4. The molecule has 5 heteroatoms. The number of aliphatic hydroxyl groups excluding tert-OH is 1. The number of benzene rings is 1. The summed E-state index contributed by atoms with van der Waals surface area (Å²) in [5.41, 5.74) is 3.62. The molecule has 2 aromatic rings. The molecule has 122 valence electrons. The number of nitrogens with zero attached hydrogens (tertiary/aromatic N) is 3. The first-order chi connectivity index (χ1) is 11.0. The lowest BCUT2D eigenvalue weighted by Crippen LogP contribution is -2.31. The third-order valence-electron chi connectivity index (χ3n) is 4.11. The Morgan fingerprint density at radius 1 is 1.17 bits per heavy atom. The third-order valence-corrected chi connectivity index (χ3v) is 4.11. The normalized spacial score (nSPS) is 15.4. The molecular formula is C18H24N4O. The van der Waals surface area contributed by atoms with Gasteiger partial charge >= 0.3 is 0 Å². The third kappa shape index (κ3) is 3.62. The van der Waals surface area contributed by atoms with E-state index in [0.717, 1.165) is 30.9 Å². The first kappa shape index (κ1) is 15.7. The molecular weight excluding hydrogens is 288 g/mol. The van der Waals surface area contributed by atoms with Gasteiger partial charge in [-0.25, -0.2) is 4.98 Å². The fourth-order valence-corrected chi connectivity index (χ4v) is 2.88. The molecule has 0 amide bonds. The van der Waals surface area contributed by atoms with E-state index in [4.69, 9.17) is 0 Å². The molecule has 0 aliphatic carbocycles. The zero-order valence-corrected chi connectivity index (χ0v) is 14.0. The Balaban J connectivity index is 1.79. The van der Waals surface area contributed by atoms with Crippen LogP contribution >= 0.6 is 0 Å². The minimum Gasteiger partial charge on any atom is -0.389 e. The molecule has 0 saturated carbocycles. The summed E-state index contributed by atoms with van der Waals surface area (Å²) in [6.45, 7) is 7.72. The van der Waals surface area contributed by atoms with E-state index in [1.807, 2.05) is 12.1 Å². The monoisotopic (exact) mass is 312 g/mol.